The average Bonchev–Trinajstić information content (AvgIpc) is 3.33. The third kappa shape index (κ3) is 7.52. The van der Waals surface area contributed by atoms with Crippen LogP contribution in [-0.4, -0.2) is 57.1 Å². The monoisotopic (exact) mass is 569 g/mol. The summed E-state index contributed by atoms with van der Waals surface area (Å²) in [6.45, 7) is 2.92. The average molecular weight is 571 g/mol. The van der Waals surface area contributed by atoms with Crippen LogP contribution in [0.15, 0.2) is 36.4 Å². The molecule has 0 spiro atoms. The van der Waals surface area contributed by atoms with E-state index in [0.717, 1.165) is 41.8 Å². The van der Waals surface area contributed by atoms with Crippen LogP contribution in [0, 0.1) is 6.92 Å². The van der Waals surface area contributed by atoms with Gasteiger partial charge in [-0.1, -0.05) is 48.2 Å². The lowest BCUT2D eigenvalue weighted by Gasteiger charge is -2.32. The van der Waals surface area contributed by atoms with Gasteiger partial charge in [-0.3, -0.25) is 13.9 Å². The van der Waals surface area contributed by atoms with Gasteiger partial charge in [0.15, 0.2) is 0 Å². The Bertz CT molecular complexity index is 1250. The predicted octanol–water partition coefficient (Wildman–Crippen LogP) is 4.55. The highest BCUT2D eigenvalue weighted by molar-refractivity contribution is 7.92. The van der Waals surface area contributed by atoms with Crippen LogP contribution < -0.4 is 14.4 Å². The molecule has 0 radical (unpaired) electrons. The SMILES string of the molecule is COc1ccc(C)cc1N(CC(=O)N(Cc1ccc(Cl)cc1Cl)[C@@H](C)C(=O)NC1CCCC1)S(C)(=O)=O. The van der Waals surface area contributed by atoms with Crippen molar-refractivity contribution < 1.29 is 22.7 Å². The number of rotatable bonds is 10. The van der Waals surface area contributed by atoms with Crippen molar-refractivity contribution in [2.24, 2.45) is 0 Å². The van der Waals surface area contributed by atoms with Gasteiger partial charge in [-0.2, -0.15) is 0 Å². The van der Waals surface area contributed by atoms with E-state index < -0.39 is 28.5 Å². The fourth-order valence-corrected chi connectivity index (χ4v) is 5.71. The summed E-state index contributed by atoms with van der Waals surface area (Å²) in [6, 6.07) is 9.16. The topological polar surface area (TPSA) is 96.0 Å². The number of carbonyl (C=O) groups excluding carboxylic acids is 2. The third-order valence-corrected chi connectivity index (χ3v) is 8.22. The molecule has 37 heavy (non-hydrogen) atoms. The molecule has 0 saturated heterocycles. The van der Waals surface area contributed by atoms with Gasteiger partial charge < -0.3 is 15.0 Å². The van der Waals surface area contributed by atoms with Gasteiger partial charge in [0.05, 0.1) is 19.1 Å². The number of sulfonamides is 1. The quantitative estimate of drug-likeness (QED) is 0.452. The Morgan fingerprint density at radius 2 is 1.81 bits per heavy atom. The van der Waals surface area contributed by atoms with Gasteiger partial charge in [-0.05, 0) is 62.1 Å². The van der Waals surface area contributed by atoms with E-state index in [9.17, 15) is 18.0 Å². The molecule has 1 aliphatic carbocycles. The van der Waals surface area contributed by atoms with Gasteiger partial charge in [0.2, 0.25) is 21.8 Å². The van der Waals surface area contributed by atoms with E-state index >= 15 is 0 Å². The van der Waals surface area contributed by atoms with Crippen LogP contribution in [0.3, 0.4) is 0 Å². The maximum atomic E-state index is 13.8. The molecule has 0 aliphatic heterocycles. The number of amides is 2. The number of carbonyl (C=O) groups is 2. The van der Waals surface area contributed by atoms with Crippen LogP contribution in [0.4, 0.5) is 5.69 Å². The fraction of sp³-hybridized carbons (Fsp3) is 0.462. The molecule has 2 aromatic rings. The fourth-order valence-electron chi connectivity index (χ4n) is 4.40. The number of halogens is 2. The number of ether oxygens (including phenoxy) is 1. The summed E-state index contributed by atoms with van der Waals surface area (Å²) in [7, 11) is -2.45. The first kappa shape index (κ1) is 29.1. The maximum Gasteiger partial charge on any atom is 0.244 e. The molecular formula is C26H33Cl2N3O5S. The van der Waals surface area contributed by atoms with E-state index in [1.54, 1.807) is 43.3 Å². The molecule has 202 valence electrons. The van der Waals surface area contributed by atoms with Crippen molar-refractivity contribution in [1.82, 2.24) is 10.2 Å². The summed E-state index contributed by atoms with van der Waals surface area (Å²) in [5, 5.41) is 3.81. The Hall–Kier alpha value is -2.49. The molecule has 0 unspecified atom stereocenters. The third-order valence-electron chi connectivity index (χ3n) is 6.51. The molecule has 0 bridgehead atoms. The molecule has 2 amide bonds. The first-order chi connectivity index (χ1) is 17.4. The molecule has 8 nitrogen and oxygen atoms in total. The molecule has 1 saturated carbocycles. The van der Waals surface area contributed by atoms with Crippen molar-refractivity contribution in [1.29, 1.82) is 0 Å². The first-order valence-electron chi connectivity index (χ1n) is 12.1. The van der Waals surface area contributed by atoms with Crippen molar-refractivity contribution in [3.8, 4) is 5.75 Å². The Kier molecular flexibility index (Phi) is 9.72. The van der Waals surface area contributed by atoms with E-state index in [0.29, 0.717) is 21.4 Å². The molecule has 0 heterocycles. The van der Waals surface area contributed by atoms with Gasteiger partial charge in [0.25, 0.3) is 0 Å². The Morgan fingerprint density at radius 3 is 2.41 bits per heavy atom. The molecule has 2 aromatic carbocycles. The van der Waals surface area contributed by atoms with E-state index in [1.165, 1.54) is 12.0 Å². The highest BCUT2D eigenvalue weighted by Gasteiger charge is 2.32. The van der Waals surface area contributed by atoms with Crippen molar-refractivity contribution in [3.05, 3.63) is 57.6 Å². The molecule has 0 aromatic heterocycles. The lowest BCUT2D eigenvalue weighted by molar-refractivity contribution is -0.139. The summed E-state index contributed by atoms with van der Waals surface area (Å²) >= 11 is 12.4. The zero-order chi connectivity index (χ0) is 27.3. The minimum Gasteiger partial charge on any atom is -0.495 e. The number of nitrogens with one attached hydrogen (secondary N) is 1. The van der Waals surface area contributed by atoms with Crippen LogP contribution >= 0.6 is 23.2 Å². The minimum absolute atomic E-state index is 0.00333. The largest absolute Gasteiger partial charge is 0.495 e. The van der Waals surface area contributed by atoms with E-state index in [4.69, 9.17) is 27.9 Å². The summed E-state index contributed by atoms with van der Waals surface area (Å²) in [5.74, 6) is -0.554. The summed E-state index contributed by atoms with van der Waals surface area (Å²) in [4.78, 5) is 28.3. The number of hydrogen-bond donors (Lipinski definition) is 1. The van der Waals surface area contributed by atoms with Gasteiger partial charge in [0, 0.05) is 22.6 Å². The van der Waals surface area contributed by atoms with Gasteiger partial charge >= 0.3 is 0 Å². The van der Waals surface area contributed by atoms with Crippen LogP contribution in [0.5, 0.6) is 5.75 Å². The second-order valence-corrected chi connectivity index (χ2v) is 12.1. The molecule has 1 N–H and O–H groups in total. The van der Waals surface area contributed by atoms with Crippen molar-refractivity contribution >= 4 is 50.7 Å². The molecule has 1 atom stereocenters. The lowest BCUT2D eigenvalue weighted by atomic mass is 10.1. The van der Waals surface area contributed by atoms with Crippen LogP contribution in [0.25, 0.3) is 0 Å². The Labute approximate surface area is 228 Å². The number of hydrogen-bond acceptors (Lipinski definition) is 5. The van der Waals surface area contributed by atoms with Crippen molar-refractivity contribution in [2.45, 2.75) is 58.2 Å². The smallest absolute Gasteiger partial charge is 0.244 e. The molecular weight excluding hydrogens is 537 g/mol. The van der Waals surface area contributed by atoms with Gasteiger partial charge in [-0.15, -0.1) is 0 Å². The predicted molar refractivity (Wildman–Crippen MR) is 147 cm³/mol. The highest BCUT2D eigenvalue weighted by Crippen LogP contribution is 2.31. The maximum absolute atomic E-state index is 13.8. The van der Waals surface area contributed by atoms with Crippen molar-refractivity contribution in [3.63, 3.8) is 0 Å². The molecule has 11 heteroatoms. The standard InChI is InChI=1S/C26H33Cl2N3O5S/c1-17-9-12-24(36-3)23(13-17)31(37(4,34)35)16-25(32)30(15-19-10-11-20(27)14-22(19)28)18(2)26(33)29-21-7-5-6-8-21/h9-14,18,21H,5-8,15-16H2,1-4H3,(H,29,33)/t18-/m0/s1. The number of aryl methyl sites for hydroxylation is 1. The van der Waals surface area contributed by atoms with E-state index in [2.05, 4.69) is 5.32 Å². The molecule has 1 aliphatic rings. The van der Waals surface area contributed by atoms with E-state index in [-0.39, 0.29) is 24.2 Å². The van der Waals surface area contributed by atoms with Crippen molar-refractivity contribution in [2.75, 3.05) is 24.2 Å². The second-order valence-electron chi connectivity index (χ2n) is 9.37. The second kappa shape index (κ2) is 12.4. The summed E-state index contributed by atoms with van der Waals surface area (Å²) < 4.78 is 32.1. The zero-order valence-electron chi connectivity index (χ0n) is 21.5. The van der Waals surface area contributed by atoms with E-state index in [1.807, 2.05) is 6.92 Å². The summed E-state index contributed by atoms with van der Waals surface area (Å²) in [5.41, 5.74) is 1.62. The number of benzene rings is 2. The molecule has 1 fully saturated rings. The van der Waals surface area contributed by atoms with Crippen LogP contribution in [0.1, 0.15) is 43.7 Å². The first-order valence-corrected chi connectivity index (χ1v) is 14.7. The zero-order valence-corrected chi connectivity index (χ0v) is 23.8. The normalized spacial score (nSPS) is 14.8. The minimum atomic E-state index is -3.89. The molecule has 3 rings (SSSR count). The van der Waals surface area contributed by atoms with Crippen LogP contribution in [-0.2, 0) is 26.2 Å². The summed E-state index contributed by atoms with van der Waals surface area (Å²) in [6.07, 6.45) is 4.90. The number of nitrogens with zero attached hydrogens (tertiary/aromatic N) is 2. The van der Waals surface area contributed by atoms with Crippen LogP contribution in [0.2, 0.25) is 10.0 Å². The Morgan fingerprint density at radius 1 is 1.14 bits per heavy atom. The van der Waals surface area contributed by atoms with Gasteiger partial charge in [0.1, 0.15) is 18.3 Å². The number of anilines is 1. The highest BCUT2D eigenvalue weighted by atomic mass is 35.5. The Balaban J connectivity index is 1.96. The van der Waals surface area contributed by atoms with Gasteiger partial charge in [-0.25, -0.2) is 8.42 Å². The lowest BCUT2D eigenvalue weighted by Crippen LogP contribution is -2.52. The number of methoxy groups -OCH3 is 1.